The van der Waals surface area contributed by atoms with E-state index in [1.54, 1.807) is 26.3 Å². The summed E-state index contributed by atoms with van der Waals surface area (Å²) in [7, 11) is -2.60. The Labute approximate surface area is 246 Å². The standard InChI is InChI=1S/C39H52Si/c1-9-28(8)38-17-16-18-39(38)40(35-22-29(10-2)19-30(11-3)23-35,36-24-31(12-4)20-32(13-5)25-36)37-26-33(14-6)21-34(15-7)27-37/h16-17,19-28H,9-15,18H2,1-8H3. The van der Waals surface area contributed by atoms with E-state index in [9.17, 15) is 0 Å². The van der Waals surface area contributed by atoms with Gasteiger partial charge in [0.25, 0.3) is 0 Å². The predicted molar refractivity (Wildman–Crippen MR) is 180 cm³/mol. The molecule has 0 nitrogen and oxygen atoms in total. The van der Waals surface area contributed by atoms with E-state index in [1.165, 1.54) is 39.8 Å². The van der Waals surface area contributed by atoms with Crippen LogP contribution in [0.25, 0.3) is 0 Å². The molecule has 1 atom stereocenters. The third kappa shape index (κ3) is 5.73. The van der Waals surface area contributed by atoms with Crippen molar-refractivity contribution in [2.45, 2.75) is 107 Å². The predicted octanol–water partition coefficient (Wildman–Crippen LogP) is 8.37. The van der Waals surface area contributed by atoms with Crippen LogP contribution in [0.4, 0.5) is 0 Å². The second kappa shape index (κ2) is 13.3. The average molecular weight is 549 g/mol. The molecule has 0 aromatic heterocycles. The Bertz CT molecular complexity index is 1180. The van der Waals surface area contributed by atoms with Crippen LogP contribution in [0.3, 0.4) is 0 Å². The van der Waals surface area contributed by atoms with Gasteiger partial charge >= 0.3 is 0 Å². The molecule has 0 amide bonds. The van der Waals surface area contributed by atoms with Crippen LogP contribution >= 0.6 is 0 Å². The highest BCUT2D eigenvalue weighted by molar-refractivity contribution is 7.16. The van der Waals surface area contributed by atoms with Crippen molar-refractivity contribution in [3.05, 3.63) is 111 Å². The molecule has 3 aromatic rings. The van der Waals surface area contributed by atoms with Gasteiger partial charge in [0.05, 0.1) is 0 Å². The van der Waals surface area contributed by atoms with E-state index in [2.05, 4.69) is 122 Å². The topological polar surface area (TPSA) is 0 Å². The first kappa shape index (κ1) is 30.3. The molecule has 212 valence electrons. The summed E-state index contributed by atoms with van der Waals surface area (Å²) in [5, 5.41) is 6.50. The fourth-order valence-electron chi connectivity index (χ4n) is 6.76. The van der Waals surface area contributed by atoms with Gasteiger partial charge < -0.3 is 0 Å². The van der Waals surface area contributed by atoms with Gasteiger partial charge in [-0.1, -0.05) is 127 Å². The summed E-state index contributed by atoms with van der Waals surface area (Å²) in [5.41, 5.74) is 10.5. The molecule has 0 fully saturated rings. The number of hydrogen-bond donors (Lipinski definition) is 0. The molecule has 1 heteroatoms. The van der Waals surface area contributed by atoms with Crippen LogP contribution in [0.1, 0.15) is 102 Å². The molecule has 0 saturated heterocycles. The smallest absolute Gasteiger partial charge is 0.0805 e. The maximum Gasteiger partial charge on any atom is 0.176 e. The number of aryl methyl sites for hydroxylation is 6. The van der Waals surface area contributed by atoms with Crippen molar-refractivity contribution in [1.82, 2.24) is 0 Å². The van der Waals surface area contributed by atoms with E-state index in [0.29, 0.717) is 5.92 Å². The van der Waals surface area contributed by atoms with Gasteiger partial charge in [0.2, 0.25) is 0 Å². The molecule has 0 aliphatic heterocycles. The van der Waals surface area contributed by atoms with Crippen LogP contribution in [0.5, 0.6) is 0 Å². The maximum atomic E-state index is 2.61. The quantitative estimate of drug-likeness (QED) is 0.157. The highest BCUT2D eigenvalue weighted by Crippen LogP contribution is 2.35. The third-order valence-electron chi connectivity index (χ3n) is 9.47. The average Bonchev–Trinajstić information content (AvgIpc) is 3.50. The van der Waals surface area contributed by atoms with Crippen LogP contribution < -0.4 is 15.6 Å². The van der Waals surface area contributed by atoms with Crippen molar-refractivity contribution < 1.29 is 0 Å². The molecule has 4 rings (SSSR count). The molecule has 1 aliphatic carbocycles. The molecular weight excluding hydrogens is 497 g/mol. The molecule has 0 N–H and O–H groups in total. The second-order valence-electron chi connectivity index (χ2n) is 11.8. The van der Waals surface area contributed by atoms with Crippen molar-refractivity contribution in [1.29, 1.82) is 0 Å². The summed E-state index contributed by atoms with van der Waals surface area (Å²) in [4.78, 5) is 0. The summed E-state index contributed by atoms with van der Waals surface area (Å²) in [5.74, 6) is 0.556. The first-order chi connectivity index (χ1) is 19.4. The van der Waals surface area contributed by atoms with E-state index >= 15 is 0 Å². The summed E-state index contributed by atoms with van der Waals surface area (Å²) < 4.78 is 0. The zero-order valence-electron chi connectivity index (χ0n) is 26.6. The van der Waals surface area contributed by atoms with Gasteiger partial charge in [0.15, 0.2) is 8.07 Å². The van der Waals surface area contributed by atoms with Crippen molar-refractivity contribution in [2.24, 2.45) is 5.92 Å². The van der Waals surface area contributed by atoms with Crippen LogP contribution in [-0.4, -0.2) is 8.07 Å². The largest absolute Gasteiger partial charge is 0.176 e. The zero-order chi connectivity index (χ0) is 28.9. The van der Waals surface area contributed by atoms with Crippen LogP contribution in [0, 0.1) is 5.92 Å². The molecule has 1 aliphatic rings. The minimum Gasteiger partial charge on any atom is -0.0805 e. The van der Waals surface area contributed by atoms with Crippen LogP contribution in [0.2, 0.25) is 0 Å². The fraction of sp³-hybridized carbons (Fsp3) is 0.436. The second-order valence-corrected chi connectivity index (χ2v) is 15.7. The minimum absolute atomic E-state index is 0.556. The Kier molecular flexibility index (Phi) is 10.1. The fourth-order valence-corrected chi connectivity index (χ4v) is 12.4. The highest BCUT2D eigenvalue weighted by atomic mass is 28.3. The number of allylic oxidation sites excluding steroid dienone is 4. The lowest BCUT2D eigenvalue weighted by atomic mass is 10.00. The lowest BCUT2D eigenvalue weighted by Crippen LogP contribution is -2.69. The summed E-state index contributed by atoms with van der Waals surface area (Å²) in [6, 6.07) is 23.0. The molecule has 1 unspecified atom stereocenters. The van der Waals surface area contributed by atoms with Gasteiger partial charge in [-0.15, -0.1) is 0 Å². The molecule has 0 bridgehead atoms. The molecule has 3 aromatic carbocycles. The Morgan fingerprint density at radius 2 is 0.850 bits per heavy atom. The molecule has 0 radical (unpaired) electrons. The van der Waals surface area contributed by atoms with Crippen molar-refractivity contribution in [2.75, 3.05) is 0 Å². The molecule has 40 heavy (non-hydrogen) atoms. The van der Waals surface area contributed by atoms with Crippen LogP contribution in [0.15, 0.2) is 77.5 Å². The van der Waals surface area contributed by atoms with Gasteiger partial charge in [0.1, 0.15) is 0 Å². The van der Waals surface area contributed by atoms with E-state index in [4.69, 9.17) is 0 Å². The van der Waals surface area contributed by atoms with Gasteiger partial charge in [-0.2, -0.15) is 0 Å². The normalized spacial score (nSPS) is 14.3. The summed E-state index contributed by atoms with van der Waals surface area (Å²) >= 11 is 0. The number of benzene rings is 3. The first-order valence-electron chi connectivity index (χ1n) is 16.2. The van der Waals surface area contributed by atoms with Crippen molar-refractivity contribution in [3.8, 4) is 0 Å². The monoisotopic (exact) mass is 548 g/mol. The third-order valence-corrected chi connectivity index (χ3v) is 14.3. The highest BCUT2D eigenvalue weighted by Gasteiger charge is 2.46. The Morgan fingerprint density at radius 1 is 0.525 bits per heavy atom. The van der Waals surface area contributed by atoms with Gasteiger partial charge in [-0.05, 0) is 112 Å². The Hall–Kier alpha value is -2.64. The van der Waals surface area contributed by atoms with E-state index in [-0.39, 0.29) is 0 Å². The lowest BCUT2D eigenvalue weighted by molar-refractivity contribution is 0.669. The summed E-state index contributed by atoms with van der Waals surface area (Å²) in [6.07, 6.45) is 13.7. The number of hydrogen-bond acceptors (Lipinski definition) is 0. The molecule has 0 heterocycles. The van der Waals surface area contributed by atoms with Crippen molar-refractivity contribution >= 4 is 23.6 Å². The SMILES string of the molecule is CCc1cc(CC)cc([Si](C2=C(C(C)CC)C=CC2)(c2cc(CC)cc(CC)c2)c2cc(CC)cc(CC)c2)c1. The van der Waals surface area contributed by atoms with Gasteiger partial charge in [0, 0.05) is 0 Å². The van der Waals surface area contributed by atoms with Crippen molar-refractivity contribution in [3.63, 3.8) is 0 Å². The van der Waals surface area contributed by atoms with Crippen LogP contribution in [-0.2, 0) is 38.5 Å². The molecule has 0 spiro atoms. The zero-order valence-corrected chi connectivity index (χ0v) is 27.6. The Balaban J connectivity index is 2.29. The van der Waals surface area contributed by atoms with Gasteiger partial charge in [-0.25, -0.2) is 0 Å². The molecule has 0 saturated carbocycles. The minimum atomic E-state index is -2.60. The van der Waals surface area contributed by atoms with E-state index in [0.717, 1.165) is 44.9 Å². The van der Waals surface area contributed by atoms with E-state index < -0.39 is 8.07 Å². The molecular formula is C39H52Si. The van der Waals surface area contributed by atoms with Gasteiger partial charge in [-0.3, -0.25) is 0 Å². The summed E-state index contributed by atoms with van der Waals surface area (Å²) in [6.45, 7) is 18.7. The Morgan fingerprint density at radius 3 is 1.12 bits per heavy atom. The number of rotatable bonds is 12. The first-order valence-corrected chi connectivity index (χ1v) is 18.2. The van der Waals surface area contributed by atoms with E-state index in [1.807, 2.05) is 0 Å². The lowest BCUT2D eigenvalue weighted by Gasteiger charge is -2.39. The maximum absolute atomic E-state index is 2.61.